The number of rotatable bonds is 7. The van der Waals surface area contributed by atoms with Crippen molar-refractivity contribution < 1.29 is 9.53 Å². The SMILES string of the molecule is COc1cccc(CCNCC(=O)Nc2cc(Cl)ccc2Cl)c1. The maximum atomic E-state index is 11.9. The van der Waals surface area contributed by atoms with Crippen molar-refractivity contribution in [1.29, 1.82) is 0 Å². The van der Waals surface area contributed by atoms with Gasteiger partial charge in [0, 0.05) is 5.02 Å². The fourth-order valence-corrected chi connectivity index (χ4v) is 2.39. The molecule has 0 aliphatic rings. The van der Waals surface area contributed by atoms with Gasteiger partial charge in [-0.15, -0.1) is 0 Å². The summed E-state index contributed by atoms with van der Waals surface area (Å²) in [6.07, 6.45) is 0.808. The molecule has 0 bridgehead atoms. The lowest BCUT2D eigenvalue weighted by molar-refractivity contribution is -0.115. The normalized spacial score (nSPS) is 10.4. The minimum absolute atomic E-state index is 0.167. The number of amides is 1. The molecule has 23 heavy (non-hydrogen) atoms. The summed E-state index contributed by atoms with van der Waals surface area (Å²) in [7, 11) is 1.64. The Labute approximate surface area is 145 Å². The van der Waals surface area contributed by atoms with Gasteiger partial charge in [0.25, 0.3) is 0 Å². The summed E-state index contributed by atoms with van der Waals surface area (Å²) in [5.41, 5.74) is 1.66. The van der Waals surface area contributed by atoms with E-state index in [-0.39, 0.29) is 12.5 Å². The second-order valence-electron chi connectivity index (χ2n) is 4.95. The standard InChI is InChI=1S/C17H18Cl2N2O2/c1-23-14-4-2-3-12(9-14)7-8-20-11-17(22)21-16-10-13(18)5-6-15(16)19/h2-6,9-10,20H,7-8,11H2,1H3,(H,21,22). The predicted molar refractivity (Wildman–Crippen MR) is 94.7 cm³/mol. The molecule has 1 amide bonds. The molecule has 0 heterocycles. The van der Waals surface area contributed by atoms with Crippen LogP contribution in [0.25, 0.3) is 0 Å². The highest BCUT2D eigenvalue weighted by Crippen LogP contribution is 2.25. The third-order valence-corrected chi connectivity index (χ3v) is 3.78. The molecule has 2 aromatic rings. The lowest BCUT2D eigenvalue weighted by Gasteiger charge is -2.09. The van der Waals surface area contributed by atoms with E-state index in [4.69, 9.17) is 27.9 Å². The average Bonchev–Trinajstić information content (AvgIpc) is 2.55. The van der Waals surface area contributed by atoms with Crippen molar-refractivity contribution in [3.63, 3.8) is 0 Å². The highest BCUT2D eigenvalue weighted by Gasteiger charge is 2.06. The van der Waals surface area contributed by atoms with Gasteiger partial charge in [-0.05, 0) is 48.9 Å². The minimum Gasteiger partial charge on any atom is -0.497 e. The van der Waals surface area contributed by atoms with Crippen LogP contribution in [0.3, 0.4) is 0 Å². The molecule has 0 aliphatic carbocycles. The van der Waals surface area contributed by atoms with Crippen molar-refractivity contribution in [3.8, 4) is 5.75 Å². The third kappa shape index (κ3) is 5.75. The van der Waals surface area contributed by atoms with Crippen molar-refractivity contribution in [2.24, 2.45) is 0 Å². The van der Waals surface area contributed by atoms with Crippen LogP contribution in [0, 0.1) is 0 Å². The molecule has 0 saturated heterocycles. The van der Waals surface area contributed by atoms with Crippen LogP contribution in [0.1, 0.15) is 5.56 Å². The molecule has 4 nitrogen and oxygen atoms in total. The fourth-order valence-electron chi connectivity index (χ4n) is 2.05. The van der Waals surface area contributed by atoms with Gasteiger partial charge in [-0.25, -0.2) is 0 Å². The van der Waals surface area contributed by atoms with Crippen LogP contribution in [-0.4, -0.2) is 26.1 Å². The van der Waals surface area contributed by atoms with Crippen molar-refractivity contribution in [3.05, 3.63) is 58.1 Å². The Morgan fingerprint density at radius 3 is 2.78 bits per heavy atom. The fraction of sp³-hybridized carbons (Fsp3) is 0.235. The van der Waals surface area contributed by atoms with Crippen molar-refractivity contribution in [2.75, 3.05) is 25.5 Å². The highest BCUT2D eigenvalue weighted by molar-refractivity contribution is 6.35. The first-order chi connectivity index (χ1) is 11.1. The first-order valence-corrected chi connectivity index (χ1v) is 7.92. The van der Waals surface area contributed by atoms with Gasteiger partial charge >= 0.3 is 0 Å². The van der Waals surface area contributed by atoms with Crippen LogP contribution in [0.5, 0.6) is 5.75 Å². The molecule has 2 aromatic carbocycles. The number of carbonyl (C=O) groups is 1. The zero-order valence-electron chi connectivity index (χ0n) is 12.7. The largest absolute Gasteiger partial charge is 0.497 e. The third-order valence-electron chi connectivity index (χ3n) is 3.21. The molecule has 0 spiro atoms. The summed E-state index contributed by atoms with van der Waals surface area (Å²) in [5.74, 6) is 0.663. The van der Waals surface area contributed by atoms with E-state index >= 15 is 0 Å². The van der Waals surface area contributed by atoms with Crippen LogP contribution in [0.4, 0.5) is 5.69 Å². The Balaban J connectivity index is 1.75. The lowest BCUT2D eigenvalue weighted by Crippen LogP contribution is -2.29. The van der Waals surface area contributed by atoms with Gasteiger partial charge in [-0.1, -0.05) is 35.3 Å². The van der Waals surface area contributed by atoms with Crippen LogP contribution in [0.15, 0.2) is 42.5 Å². The molecule has 2 rings (SSSR count). The molecular weight excluding hydrogens is 335 g/mol. The highest BCUT2D eigenvalue weighted by atomic mass is 35.5. The van der Waals surface area contributed by atoms with Gasteiger partial charge < -0.3 is 15.4 Å². The molecule has 0 aromatic heterocycles. The van der Waals surface area contributed by atoms with Gasteiger partial charge in [0.05, 0.1) is 24.4 Å². The van der Waals surface area contributed by atoms with E-state index in [1.807, 2.05) is 24.3 Å². The number of carbonyl (C=O) groups excluding carboxylic acids is 1. The Morgan fingerprint density at radius 1 is 1.17 bits per heavy atom. The summed E-state index contributed by atoms with van der Waals surface area (Å²) in [6.45, 7) is 0.886. The molecule has 0 unspecified atom stereocenters. The van der Waals surface area contributed by atoms with E-state index in [1.54, 1.807) is 25.3 Å². The van der Waals surface area contributed by atoms with E-state index in [1.165, 1.54) is 0 Å². The molecule has 0 fully saturated rings. The van der Waals surface area contributed by atoms with Crippen LogP contribution < -0.4 is 15.4 Å². The van der Waals surface area contributed by atoms with Crippen molar-refractivity contribution >= 4 is 34.8 Å². The first kappa shape index (κ1) is 17.6. The van der Waals surface area contributed by atoms with Crippen LogP contribution >= 0.6 is 23.2 Å². The maximum absolute atomic E-state index is 11.9. The Kier molecular flexibility index (Phi) is 6.71. The number of anilines is 1. The quantitative estimate of drug-likeness (QED) is 0.745. The number of ether oxygens (including phenoxy) is 1. The number of hydrogen-bond acceptors (Lipinski definition) is 3. The molecule has 0 atom stereocenters. The van der Waals surface area contributed by atoms with Gasteiger partial charge in [0.15, 0.2) is 0 Å². The van der Waals surface area contributed by atoms with Gasteiger partial charge in [-0.2, -0.15) is 0 Å². The summed E-state index contributed by atoms with van der Waals surface area (Å²) in [6, 6.07) is 12.8. The van der Waals surface area contributed by atoms with E-state index in [2.05, 4.69) is 10.6 Å². The zero-order valence-corrected chi connectivity index (χ0v) is 14.2. The second-order valence-corrected chi connectivity index (χ2v) is 5.79. The molecule has 0 radical (unpaired) electrons. The summed E-state index contributed by atoms with van der Waals surface area (Å²) < 4.78 is 5.18. The van der Waals surface area contributed by atoms with Crippen molar-refractivity contribution in [1.82, 2.24) is 5.32 Å². The molecule has 2 N–H and O–H groups in total. The Morgan fingerprint density at radius 2 is 2.00 bits per heavy atom. The Hall–Kier alpha value is -1.75. The average molecular weight is 353 g/mol. The Bertz CT molecular complexity index is 677. The van der Waals surface area contributed by atoms with Crippen LogP contribution in [0.2, 0.25) is 10.0 Å². The first-order valence-electron chi connectivity index (χ1n) is 7.17. The molecule has 6 heteroatoms. The molecule has 0 saturated carbocycles. The smallest absolute Gasteiger partial charge is 0.238 e. The number of nitrogens with one attached hydrogen (secondary N) is 2. The van der Waals surface area contributed by atoms with E-state index in [9.17, 15) is 4.79 Å². The number of hydrogen-bond donors (Lipinski definition) is 2. The zero-order chi connectivity index (χ0) is 16.7. The number of methoxy groups -OCH3 is 1. The summed E-state index contributed by atoms with van der Waals surface area (Å²) in [4.78, 5) is 11.9. The maximum Gasteiger partial charge on any atom is 0.238 e. The second kappa shape index (κ2) is 8.77. The van der Waals surface area contributed by atoms with Gasteiger partial charge in [0.1, 0.15) is 5.75 Å². The molecular formula is C17H18Cl2N2O2. The number of halogens is 2. The van der Waals surface area contributed by atoms with Crippen LogP contribution in [-0.2, 0) is 11.2 Å². The van der Waals surface area contributed by atoms with E-state index in [0.29, 0.717) is 22.3 Å². The van der Waals surface area contributed by atoms with E-state index in [0.717, 1.165) is 17.7 Å². The summed E-state index contributed by atoms with van der Waals surface area (Å²) >= 11 is 11.9. The minimum atomic E-state index is -0.167. The predicted octanol–water partition coefficient (Wildman–Crippen LogP) is 3.77. The van der Waals surface area contributed by atoms with Gasteiger partial charge in [-0.3, -0.25) is 4.79 Å². The molecule has 0 aliphatic heterocycles. The van der Waals surface area contributed by atoms with Gasteiger partial charge in [0.2, 0.25) is 5.91 Å². The summed E-state index contributed by atoms with van der Waals surface area (Å²) in [5, 5.41) is 6.81. The topological polar surface area (TPSA) is 50.4 Å². The number of benzene rings is 2. The lowest BCUT2D eigenvalue weighted by atomic mass is 10.1. The van der Waals surface area contributed by atoms with Crippen molar-refractivity contribution in [2.45, 2.75) is 6.42 Å². The van der Waals surface area contributed by atoms with E-state index < -0.39 is 0 Å². The monoisotopic (exact) mass is 352 g/mol. The molecule has 122 valence electrons.